The molecule has 24 heavy (non-hydrogen) atoms. The van der Waals surface area contributed by atoms with Crippen LogP contribution in [0.4, 0.5) is 5.69 Å². The monoisotopic (exact) mass is 371 g/mol. The fraction of sp³-hybridized carbons (Fsp3) is 0.294. The average Bonchev–Trinajstić information content (AvgIpc) is 2.48. The zero-order valence-corrected chi connectivity index (χ0v) is 15.3. The first-order valence-electron chi connectivity index (χ1n) is 7.29. The Morgan fingerprint density at radius 1 is 1.21 bits per heavy atom. The summed E-state index contributed by atoms with van der Waals surface area (Å²) < 4.78 is 5.71. The third kappa shape index (κ3) is 6.35. The zero-order chi connectivity index (χ0) is 16.0. The number of carbonyl (C=O) groups excluding carboxylic acids is 1. The number of rotatable bonds is 6. The average molecular weight is 372 g/mol. The summed E-state index contributed by atoms with van der Waals surface area (Å²) in [4.78, 5) is 16.1. The second-order valence-corrected chi connectivity index (χ2v) is 5.43. The lowest BCUT2D eigenvalue weighted by Gasteiger charge is -2.23. The molecule has 0 aliphatic heterocycles. The van der Waals surface area contributed by atoms with Crippen molar-refractivity contribution in [3.8, 4) is 11.5 Å². The van der Waals surface area contributed by atoms with Gasteiger partial charge in [0.15, 0.2) is 0 Å². The van der Waals surface area contributed by atoms with Gasteiger partial charge in [0.05, 0.1) is 5.54 Å². The lowest BCUT2D eigenvalue weighted by Crippen LogP contribution is -2.48. The molecule has 5 nitrogen and oxygen atoms in total. The van der Waals surface area contributed by atoms with Crippen LogP contribution in [0.2, 0.25) is 0 Å². The van der Waals surface area contributed by atoms with E-state index in [2.05, 4.69) is 10.3 Å². The summed E-state index contributed by atoms with van der Waals surface area (Å²) in [7, 11) is 0. The van der Waals surface area contributed by atoms with E-state index in [1.54, 1.807) is 43.6 Å². The molecule has 2 aromatic rings. The highest BCUT2D eigenvalue weighted by atomic mass is 35.5. The topological polar surface area (TPSA) is 77.2 Å². The van der Waals surface area contributed by atoms with Gasteiger partial charge in [-0.05, 0) is 37.6 Å². The standard InChI is InChI=1S/C17H21N3O2.2ClH/c1-3-9-17(2,18)16(21)20-13-5-4-6-15(12-13)22-14-7-10-19-11-8-14;;/h4-8,10-12H,3,9,18H2,1-2H3,(H,20,21);2*1H. The van der Waals surface area contributed by atoms with Crippen molar-refractivity contribution in [2.24, 2.45) is 5.73 Å². The molecule has 0 aliphatic carbocycles. The van der Waals surface area contributed by atoms with Gasteiger partial charge >= 0.3 is 0 Å². The molecular formula is C17H23Cl2N3O2. The van der Waals surface area contributed by atoms with Gasteiger partial charge in [0.25, 0.3) is 0 Å². The minimum Gasteiger partial charge on any atom is -0.457 e. The summed E-state index contributed by atoms with van der Waals surface area (Å²) in [5.74, 6) is 1.13. The van der Waals surface area contributed by atoms with Crippen LogP contribution < -0.4 is 15.8 Å². The van der Waals surface area contributed by atoms with Crippen molar-refractivity contribution in [1.82, 2.24) is 4.98 Å². The number of nitrogens with one attached hydrogen (secondary N) is 1. The molecule has 1 heterocycles. The number of benzene rings is 1. The quantitative estimate of drug-likeness (QED) is 0.798. The van der Waals surface area contributed by atoms with Crippen LogP contribution in [0.15, 0.2) is 48.8 Å². The van der Waals surface area contributed by atoms with E-state index in [0.29, 0.717) is 23.6 Å². The van der Waals surface area contributed by atoms with Gasteiger partial charge in [-0.3, -0.25) is 9.78 Å². The fourth-order valence-electron chi connectivity index (χ4n) is 2.09. The molecule has 0 saturated carbocycles. The first kappa shape index (κ1) is 22.2. The Morgan fingerprint density at radius 2 is 1.88 bits per heavy atom. The fourth-order valence-corrected chi connectivity index (χ4v) is 2.09. The molecule has 0 fully saturated rings. The molecule has 0 bridgehead atoms. The summed E-state index contributed by atoms with van der Waals surface area (Å²) in [6.45, 7) is 3.74. The minimum atomic E-state index is -0.878. The van der Waals surface area contributed by atoms with E-state index in [4.69, 9.17) is 10.5 Å². The third-order valence-corrected chi connectivity index (χ3v) is 3.27. The number of anilines is 1. The Bertz CT molecular complexity index is 637. The maximum Gasteiger partial charge on any atom is 0.244 e. The summed E-state index contributed by atoms with van der Waals surface area (Å²) in [6, 6.07) is 10.7. The molecule has 0 saturated heterocycles. The van der Waals surface area contributed by atoms with Gasteiger partial charge in [-0.15, -0.1) is 24.8 Å². The van der Waals surface area contributed by atoms with Crippen molar-refractivity contribution in [2.75, 3.05) is 5.32 Å². The van der Waals surface area contributed by atoms with Gasteiger partial charge in [0.1, 0.15) is 11.5 Å². The molecule has 0 aliphatic rings. The van der Waals surface area contributed by atoms with Crippen LogP contribution in [0, 0.1) is 0 Å². The van der Waals surface area contributed by atoms with E-state index in [1.165, 1.54) is 0 Å². The molecule has 3 N–H and O–H groups in total. The molecule has 1 amide bonds. The van der Waals surface area contributed by atoms with Crippen LogP contribution >= 0.6 is 24.8 Å². The molecule has 0 radical (unpaired) electrons. The Hall–Kier alpha value is -1.82. The molecular weight excluding hydrogens is 349 g/mol. The summed E-state index contributed by atoms with van der Waals surface area (Å²) in [6.07, 6.45) is 4.80. The van der Waals surface area contributed by atoms with Crippen LogP contribution in [-0.4, -0.2) is 16.4 Å². The van der Waals surface area contributed by atoms with E-state index in [9.17, 15) is 4.79 Å². The van der Waals surface area contributed by atoms with Crippen molar-refractivity contribution < 1.29 is 9.53 Å². The summed E-state index contributed by atoms with van der Waals surface area (Å²) >= 11 is 0. The van der Waals surface area contributed by atoms with Crippen molar-refractivity contribution in [2.45, 2.75) is 32.2 Å². The number of carbonyl (C=O) groups is 1. The van der Waals surface area contributed by atoms with Gasteiger partial charge in [0, 0.05) is 24.1 Å². The van der Waals surface area contributed by atoms with Crippen molar-refractivity contribution in [1.29, 1.82) is 0 Å². The van der Waals surface area contributed by atoms with Crippen LogP contribution in [0.25, 0.3) is 0 Å². The number of hydrogen-bond acceptors (Lipinski definition) is 4. The van der Waals surface area contributed by atoms with E-state index in [1.807, 2.05) is 19.1 Å². The van der Waals surface area contributed by atoms with Crippen molar-refractivity contribution in [3.05, 3.63) is 48.8 Å². The third-order valence-electron chi connectivity index (χ3n) is 3.27. The van der Waals surface area contributed by atoms with Crippen LogP contribution in [0.5, 0.6) is 11.5 Å². The first-order chi connectivity index (χ1) is 10.5. The van der Waals surface area contributed by atoms with Gasteiger partial charge < -0.3 is 15.8 Å². The molecule has 7 heteroatoms. The lowest BCUT2D eigenvalue weighted by molar-refractivity contribution is -0.120. The summed E-state index contributed by atoms with van der Waals surface area (Å²) in [5, 5.41) is 2.84. The van der Waals surface area contributed by atoms with Crippen LogP contribution in [0.1, 0.15) is 26.7 Å². The number of ether oxygens (including phenoxy) is 1. The Balaban J connectivity index is 0.00000264. The normalized spacial score (nSPS) is 12.1. The molecule has 1 atom stereocenters. The molecule has 2 rings (SSSR count). The van der Waals surface area contributed by atoms with Crippen molar-refractivity contribution >= 4 is 36.4 Å². The van der Waals surface area contributed by atoms with Crippen LogP contribution in [-0.2, 0) is 4.79 Å². The Kier molecular flexibility index (Phi) is 9.36. The van der Waals surface area contributed by atoms with E-state index in [-0.39, 0.29) is 30.7 Å². The highest BCUT2D eigenvalue weighted by molar-refractivity contribution is 5.97. The molecule has 1 aromatic heterocycles. The number of aromatic nitrogens is 1. The highest BCUT2D eigenvalue weighted by Crippen LogP contribution is 2.24. The minimum absolute atomic E-state index is 0. The molecule has 132 valence electrons. The van der Waals surface area contributed by atoms with Gasteiger partial charge in [-0.2, -0.15) is 0 Å². The lowest BCUT2D eigenvalue weighted by atomic mass is 9.96. The summed E-state index contributed by atoms with van der Waals surface area (Å²) in [5.41, 5.74) is 5.81. The zero-order valence-electron chi connectivity index (χ0n) is 13.7. The van der Waals surface area contributed by atoms with Crippen LogP contribution in [0.3, 0.4) is 0 Å². The highest BCUT2D eigenvalue weighted by Gasteiger charge is 2.27. The second kappa shape index (κ2) is 10.1. The van der Waals surface area contributed by atoms with E-state index < -0.39 is 5.54 Å². The second-order valence-electron chi connectivity index (χ2n) is 5.43. The van der Waals surface area contributed by atoms with Gasteiger partial charge in [-0.25, -0.2) is 0 Å². The molecule has 1 unspecified atom stereocenters. The smallest absolute Gasteiger partial charge is 0.244 e. The Labute approximate surface area is 154 Å². The van der Waals surface area contributed by atoms with Gasteiger partial charge in [0.2, 0.25) is 5.91 Å². The molecule has 1 aromatic carbocycles. The number of halogens is 2. The number of amides is 1. The van der Waals surface area contributed by atoms with E-state index in [0.717, 1.165) is 6.42 Å². The first-order valence-corrected chi connectivity index (χ1v) is 7.29. The largest absolute Gasteiger partial charge is 0.457 e. The predicted octanol–water partition coefficient (Wildman–Crippen LogP) is 4.17. The number of hydrogen-bond donors (Lipinski definition) is 2. The number of nitrogens with two attached hydrogens (primary N) is 1. The van der Waals surface area contributed by atoms with E-state index >= 15 is 0 Å². The predicted molar refractivity (Wildman–Crippen MR) is 101 cm³/mol. The maximum absolute atomic E-state index is 12.2. The maximum atomic E-state index is 12.2. The van der Waals surface area contributed by atoms with Crippen molar-refractivity contribution in [3.63, 3.8) is 0 Å². The number of nitrogens with zero attached hydrogens (tertiary/aromatic N) is 1. The molecule has 0 spiro atoms. The number of pyridine rings is 1. The SMILES string of the molecule is CCCC(C)(N)C(=O)Nc1cccc(Oc2ccncc2)c1.Cl.Cl. The Morgan fingerprint density at radius 3 is 2.50 bits per heavy atom. The van der Waals surface area contributed by atoms with Gasteiger partial charge in [-0.1, -0.05) is 19.4 Å².